The Balaban J connectivity index is 2.64. The van der Waals surface area contributed by atoms with E-state index in [2.05, 4.69) is 31.9 Å². The average molecular weight is 220 g/mol. The summed E-state index contributed by atoms with van der Waals surface area (Å²) in [4.78, 5) is 0. The standard InChI is InChI=1S/C13H16OS/c1-13(2,3)15-10-9-11-5-7-12(14-4)8-6-11/h5-8H,1-4H3. The van der Waals surface area contributed by atoms with Crippen molar-refractivity contribution < 1.29 is 4.74 Å². The van der Waals surface area contributed by atoms with Crippen LogP contribution in [0.2, 0.25) is 0 Å². The Bertz CT molecular complexity index is 362. The molecule has 15 heavy (non-hydrogen) atoms. The van der Waals surface area contributed by atoms with E-state index in [0.29, 0.717) is 0 Å². The molecule has 0 fully saturated rings. The van der Waals surface area contributed by atoms with Crippen LogP contribution in [-0.2, 0) is 0 Å². The second-order valence-corrected chi connectivity index (χ2v) is 5.80. The van der Waals surface area contributed by atoms with Crippen molar-refractivity contribution in [2.24, 2.45) is 0 Å². The van der Waals surface area contributed by atoms with Crippen molar-refractivity contribution in [2.45, 2.75) is 25.5 Å². The van der Waals surface area contributed by atoms with Crippen molar-refractivity contribution >= 4 is 11.8 Å². The van der Waals surface area contributed by atoms with Crippen molar-refractivity contribution in [3.63, 3.8) is 0 Å². The van der Waals surface area contributed by atoms with Crippen LogP contribution in [0, 0.1) is 11.2 Å². The molecule has 0 spiro atoms. The quantitative estimate of drug-likeness (QED) is 0.669. The molecule has 2 heteroatoms. The highest BCUT2D eigenvalue weighted by atomic mass is 32.2. The molecule has 0 atom stereocenters. The summed E-state index contributed by atoms with van der Waals surface area (Å²) in [5.74, 6) is 3.97. The molecule has 0 heterocycles. The highest BCUT2D eigenvalue weighted by Crippen LogP contribution is 2.21. The van der Waals surface area contributed by atoms with Crippen LogP contribution in [0.3, 0.4) is 0 Å². The lowest BCUT2D eigenvalue weighted by Gasteiger charge is -2.11. The first-order valence-corrected chi connectivity index (χ1v) is 5.66. The molecule has 1 rings (SSSR count). The fraction of sp³-hybridized carbons (Fsp3) is 0.385. The Morgan fingerprint density at radius 3 is 2.20 bits per heavy atom. The number of hydrogen-bond acceptors (Lipinski definition) is 2. The van der Waals surface area contributed by atoms with E-state index in [0.717, 1.165) is 11.3 Å². The average Bonchev–Trinajstić information content (AvgIpc) is 2.17. The van der Waals surface area contributed by atoms with Gasteiger partial charge in [-0.1, -0.05) is 38.5 Å². The Hall–Kier alpha value is -1.07. The van der Waals surface area contributed by atoms with Gasteiger partial charge in [-0.05, 0) is 29.5 Å². The second kappa shape index (κ2) is 5.14. The maximum atomic E-state index is 5.07. The first kappa shape index (κ1) is 12.0. The van der Waals surface area contributed by atoms with Crippen LogP contribution >= 0.6 is 11.8 Å². The first-order chi connectivity index (χ1) is 7.01. The topological polar surface area (TPSA) is 9.23 Å². The molecule has 1 aromatic rings. The summed E-state index contributed by atoms with van der Waals surface area (Å²) in [6.45, 7) is 6.46. The summed E-state index contributed by atoms with van der Waals surface area (Å²) in [6.07, 6.45) is 0. The maximum absolute atomic E-state index is 5.07. The number of benzene rings is 1. The van der Waals surface area contributed by atoms with E-state index in [9.17, 15) is 0 Å². The summed E-state index contributed by atoms with van der Waals surface area (Å²) in [6, 6.07) is 7.78. The summed E-state index contributed by atoms with van der Waals surface area (Å²) in [7, 11) is 1.66. The van der Waals surface area contributed by atoms with E-state index < -0.39 is 0 Å². The molecule has 0 radical (unpaired) electrons. The summed E-state index contributed by atoms with van der Waals surface area (Å²) in [5, 5.41) is 3.10. The largest absolute Gasteiger partial charge is 0.497 e. The van der Waals surface area contributed by atoms with Gasteiger partial charge >= 0.3 is 0 Å². The van der Waals surface area contributed by atoms with E-state index in [1.54, 1.807) is 18.9 Å². The zero-order chi connectivity index (χ0) is 11.3. The summed E-state index contributed by atoms with van der Waals surface area (Å²) >= 11 is 1.65. The monoisotopic (exact) mass is 220 g/mol. The van der Waals surface area contributed by atoms with Gasteiger partial charge in [-0.2, -0.15) is 0 Å². The van der Waals surface area contributed by atoms with Gasteiger partial charge in [-0.25, -0.2) is 0 Å². The minimum Gasteiger partial charge on any atom is -0.497 e. The molecule has 0 amide bonds. The number of hydrogen-bond donors (Lipinski definition) is 0. The van der Waals surface area contributed by atoms with E-state index in [1.165, 1.54) is 0 Å². The SMILES string of the molecule is COc1ccc(C#CSC(C)(C)C)cc1. The molecule has 1 aromatic carbocycles. The normalized spacial score (nSPS) is 10.4. The number of ether oxygens (including phenoxy) is 1. The smallest absolute Gasteiger partial charge is 0.118 e. The van der Waals surface area contributed by atoms with E-state index in [1.807, 2.05) is 24.3 Å². The van der Waals surface area contributed by atoms with Gasteiger partial charge in [-0.3, -0.25) is 0 Å². The molecule has 0 saturated heterocycles. The Morgan fingerprint density at radius 2 is 1.73 bits per heavy atom. The lowest BCUT2D eigenvalue weighted by molar-refractivity contribution is 0.415. The van der Waals surface area contributed by atoms with Crippen molar-refractivity contribution in [1.82, 2.24) is 0 Å². The predicted octanol–water partition coefficient (Wildman–Crippen LogP) is 3.54. The van der Waals surface area contributed by atoms with Gasteiger partial charge in [-0.15, -0.1) is 0 Å². The second-order valence-electron chi connectivity index (χ2n) is 4.17. The van der Waals surface area contributed by atoms with E-state index >= 15 is 0 Å². The molecule has 0 saturated carbocycles. The maximum Gasteiger partial charge on any atom is 0.118 e. The van der Waals surface area contributed by atoms with Gasteiger partial charge in [0.05, 0.1) is 7.11 Å². The molecule has 80 valence electrons. The minimum atomic E-state index is 0.194. The third-order valence-corrected chi connectivity index (χ3v) is 2.46. The molecule has 0 bridgehead atoms. The Kier molecular flexibility index (Phi) is 4.11. The van der Waals surface area contributed by atoms with Gasteiger partial charge in [0.1, 0.15) is 5.75 Å². The molecule has 0 aromatic heterocycles. The van der Waals surface area contributed by atoms with Crippen LogP contribution in [0.1, 0.15) is 26.3 Å². The zero-order valence-electron chi connectivity index (χ0n) is 9.63. The summed E-state index contributed by atoms with van der Waals surface area (Å²) in [5.41, 5.74) is 1.02. The third-order valence-electron chi connectivity index (χ3n) is 1.64. The molecule has 0 aliphatic carbocycles. The fourth-order valence-corrected chi connectivity index (χ4v) is 1.39. The van der Waals surface area contributed by atoms with Gasteiger partial charge in [0.2, 0.25) is 0 Å². The molecule has 0 aliphatic rings. The number of thioether (sulfide) groups is 1. The van der Waals surface area contributed by atoms with Crippen LogP contribution in [0.5, 0.6) is 5.75 Å². The van der Waals surface area contributed by atoms with Crippen LogP contribution in [0.25, 0.3) is 0 Å². The molecule has 0 N–H and O–H groups in total. The Labute approximate surface area is 96.2 Å². The molecular weight excluding hydrogens is 204 g/mol. The van der Waals surface area contributed by atoms with Gasteiger partial charge < -0.3 is 4.74 Å². The van der Waals surface area contributed by atoms with Crippen LogP contribution < -0.4 is 4.74 Å². The van der Waals surface area contributed by atoms with Crippen LogP contribution in [0.4, 0.5) is 0 Å². The predicted molar refractivity (Wildman–Crippen MR) is 67.2 cm³/mol. The van der Waals surface area contributed by atoms with Crippen LogP contribution in [0.15, 0.2) is 24.3 Å². The lowest BCUT2D eigenvalue weighted by atomic mass is 10.2. The molecule has 1 nitrogen and oxygen atoms in total. The van der Waals surface area contributed by atoms with Crippen molar-refractivity contribution in [1.29, 1.82) is 0 Å². The van der Waals surface area contributed by atoms with Crippen molar-refractivity contribution in [3.05, 3.63) is 29.8 Å². The first-order valence-electron chi connectivity index (χ1n) is 4.84. The molecule has 0 unspecified atom stereocenters. The number of rotatable bonds is 1. The van der Waals surface area contributed by atoms with Crippen LogP contribution in [-0.4, -0.2) is 11.9 Å². The fourth-order valence-electron chi connectivity index (χ4n) is 0.912. The molecular formula is C13H16OS. The number of methoxy groups -OCH3 is 1. The minimum absolute atomic E-state index is 0.194. The third kappa shape index (κ3) is 4.80. The van der Waals surface area contributed by atoms with Crippen molar-refractivity contribution in [2.75, 3.05) is 7.11 Å². The van der Waals surface area contributed by atoms with Crippen molar-refractivity contribution in [3.8, 4) is 16.9 Å². The van der Waals surface area contributed by atoms with Gasteiger partial charge in [0.15, 0.2) is 0 Å². The Morgan fingerprint density at radius 1 is 1.13 bits per heavy atom. The van der Waals surface area contributed by atoms with E-state index in [-0.39, 0.29) is 4.75 Å². The summed E-state index contributed by atoms with van der Waals surface area (Å²) < 4.78 is 5.27. The van der Waals surface area contributed by atoms with Gasteiger partial charge in [0.25, 0.3) is 0 Å². The zero-order valence-corrected chi connectivity index (χ0v) is 10.4. The van der Waals surface area contributed by atoms with Gasteiger partial charge in [0, 0.05) is 10.3 Å². The van der Waals surface area contributed by atoms with E-state index in [4.69, 9.17) is 4.74 Å². The highest BCUT2D eigenvalue weighted by Gasteiger charge is 2.07. The molecule has 0 aliphatic heterocycles. The highest BCUT2D eigenvalue weighted by molar-refractivity contribution is 8.05. The lowest BCUT2D eigenvalue weighted by Crippen LogP contribution is -2.04.